The van der Waals surface area contributed by atoms with Crippen LogP contribution in [-0.2, 0) is 11.3 Å². The van der Waals surface area contributed by atoms with Crippen LogP contribution in [0.15, 0.2) is 35.4 Å². The van der Waals surface area contributed by atoms with Gasteiger partial charge in [-0.05, 0) is 31.4 Å². The molecule has 5 heteroatoms. The predicted molar refractivity (Wildman–Crippen MR) is 92.3 cm³/mol. The number of rotatable bonds is 7. The van der Waals surface area contributed by atoms with E-state index in [1.54, 1.807) is 18.2 Å². The van der Waals surface area contributed by atoms with Crippen LogP contribution < -0.4 is 10.9 Å². The minimum Gasteiger partial charge on any atom is -0.352 e. The van der Waals surface area contributed by atoms with Crippen LogP contribution in [0.3, 0.4) is 0 Å². The summed E-state index contributed by atoms with van der Waals surface area (Å²) in [6, 6.07) is 7.27. The molecule has 0 bridgehead atoms. The lowest BCUT2D eigenvalue weighted by atomic mass is 10.0. The first kappa shape index (κ1) is 17.2. The van der Waals surface area contributed by atoms with E-state index in [-0.39, 0.29) is 24.1 Å². The molecule has 1 aromatic carbocycles. The molecule has 1 atom stereocenters. The van der Waals surface area contributed by atoms with Crippen LogP contribution >= 0.6 is 0 Å². The van der Waals surface area contributed by atoms with Gasteiger partial charge >= 0.3 is 0 Å². The number of nitrogens with zero attached hydrogens (tertiary/aromatic N) is 2. The van der Waals surface area contributed by atoms with Crippen molar-refractivity contribution >= 4 is 16.8 Å². The van der Waals surface area contributed by atoms with Crippen LogP contribution in [-0.4, -0.2) is 21.5 Å². The monoisotopic (exact) mass is 315 g/mol. The molecule has 0 aliphatic rings. The topological polar surface area (TPSA) is 64.0 Å². The summed E-state index contributed by atoms with van der Waals surface area (Å²) in [5, 5.41) is 3.49. The Morgan fingerprint density at radius 3 is 2.70 bits per heavy atom. The van der Waals surface area contributed by atoms with E-state index in [0.29, 0.717) is 16.8 Å². The quantitative estimate of drug-likeness (QED) is 0.854. The number of amides is 1. The molecule has 0 spiro atoms. The third-order valence-electron chi connectivity index (χ3n) is 3.87. The average molecular weight is 315 g/mol. The molecule has 0 aliphatic carbocycles. The van der Waals surface area contributed by atoms with Crippen LogP contribution in [0.4, 0.5) is 0 Å². The maximum atomic E-state index is 12.3. The fourth-order valence-corrected chi connectivity index (χ4v) is 2.60. The Labute approximate surface area is 136 Å². The van der Waals surface area contributed by atoms with Crippen LogP contribution in [0.25, 0.3) is 10.9 Å². The van der Waals surface area contributed by atoms with E-state index in [0.717, 1.165) is 19.3 Å². The Hall–Kier alpha value is -2.17. The summed E-state index contributed by atoms with van der Waals surface area (Å²) < 4.78 is 1.36. The van der Waals surface area contributed by atoms with Gasteiger partial charge in [-0.25, -0.2) is 4.98 Å². The van der Waals surface area contributed by atoms with E-state index < -0.39 is 0 Å². The van der Waals surface area contributed by atoms with E-state index in [9.17, 15) is 9.59 Å². The van der Waals surface area contributed by atoms with Gasteiger partial charge in [-0.3, -0.25) is 14.2 Å². The lowest BCUT2D eigenvalue weighted by Crippen LogP contribution is -2.37. The molecule has 0 fully saturated rings. The molecule has 2 rings (SSSR count). The van der Waals surface area contributed by atoms with Crippen molar-refractivity contribution in [2.24, 2.45) is 5.92 Å². The van der Waals surface area contributed by atoms with Crippen molar-refractivity contribution in [2.75, 3.05) is 0 Å². The highest BCUT2D eigenvalue weighted by Crippen LogP contribution is 2.08. The average Bonchev–Trinajstić information content (AvgIpc) is 2.50. The van der Waals surface area contributed by atoms with Gasteiger partial charge in [-0.1, -0.05) is 38.8 Å². The van der Waals surface area contributed by atoms with Crippen molar-refractivity contribution in [3.05, 3.63) is 40.9 Å². The maximum absolute atomic E-state index is 12.3. The van der Waals surface area contributed by atoms with Gasteiger partial charge in [0, 0.05) is 6.04 Å². The van der Waals surface area contributed by atoms with Gasteiger partial charge in [0.15, 0.2) is 0 Å². The molecule has 0 saturated carbocycles. The summed E-state index contributed by atoms with van der Waals surface area (Å²) in [6.07, 6.45) is 4.65. The normalized spacial score (nSPS) is 12.5. The van der Waals surface area contributed by atoms with Gasteiger partial charge in [-0.15, -0.1) is 0 Å². The fraction of sp³-hybridized carbons (Fsp3) is 0.500. The highest BCUT2D eigenvalue weighted by atomic mass is 16.2. The zero-order valence-electron chi connectivity index (χ0n) is 14.1. The molecule has 124 valence electrons. The third kappa shape index (κ3) is 4.91. The molecule has 1 heterocycles. The Kier molecular flexibility index (Phi) is 5.90. The zero-order chi connectivity index (χ0) is 16.8. The van der Waals surface area contributed by atoms with Crippen LogP contribution in [0, 0.1) is 5.92 Å². The van der Waals surface area contributed by atoms with Gasteiger partial charge in [0.25, 0.3) is 5.56 Å². The first-order chi connectivity index (χ1) is 11.0. The van der Waals surface area contributed by atoms with Crippen LogP contribution in [0.2, 0.25) is 0 Å². The molecule has 2 aromatic rings. The minimum atomic E-state index is -0.182. The van der Waals surface area contributed by atoms with Crippen molar-refractivity contribution in [3.8, 4) is 0 Å². The van der Waals surface area contributed by atoms with Crippen molar-refractivity contribution in [3.63, 3.8) is 0 Å². The smallest absolute Gasteiger partial charge is 0.261 e. The summed E-state index contributed by atoms with van der Waals surface area (Å²) in [5.74, 6) is 0.529. The van der Waals surface area contributed by atoms with E-state index in [1.807, 2.05) is 13.0 Å². The largest absolute Gasteiger partial charge is 0.352 e. The Balaban J connectivity index is 1.95. The molecule has 0 unspecified atom stereocenters. The van der Waals surface area contributed by atoms with E-state index in [2.05, 4.69) is 24.1 Å². The second-order valence-corrected chi connectivity index (χ2v) is 6.49. The molecule has 0 aliphatic heterocycles. The maximum Gasteiger partial charge on any atom is 0.261 e. The second-order valence-electron chi connectivity index (χ2n) is 6.49. The molecule has 1 aromatic heterocycles. The fourth-order valence-electron chi connectivity index (χ4n) is 2.60. The minimum absolute atomic E-state index is 0.00515. The Morgan fingerprint density at radius 1 is 1.22 bits per heavy atom. The number of para-hydroxylation sites is 1. The number of nitrogens with one attached hydrogen (secondary N) is 1. The van der Waals surface area contributed by atoms with Gasteiger partial charge in [0.1, 0.15) is 6.54 Å². The number of hydrogen-bond acceptors (Lipinski definition) is 3. The van der Waals surface area contributed by atoms with Crippen LogP contribution in [0.1, 0.15) is 40.0 Å². The number of hydrogen-bond donors (Lipinski definition) is 1. The van der Waals surface area contributed by atoms with Crippen molar-refractivity contribution in [1.29, 1.82) is 0 Å². The van der Waals surface area contributed by atoms with E-state index in [4.69, 9.17) is 0 Å². The van der Waals surface area contributed by atoms with Gasteiger partial charge < -0.3 is 5.32 Å². The summed E-state index contributed by atoms with van der Waals surface area (Å²) in [6.45, 7) is 6.40. The third-order valence-corrected chi connectivity index (χ3v) is 3.87. The lowest BCUT2D eigenvalue weighted by molar-refractivity contribution is -0.122. The molecular formula is C18H25N3O2. The van der Waals surface area contributed by atoms with Gasteiger partial charge in [-0.2, -0.15) is 0 Å². The van der Waals surface area contributed by atoms with Gasteiger partial charge in [0.05, 0.1) is 17.2 Å². The molecule has 1 amide bonds. The molecule has 23 heavy (non-hydrogen) atoms. The zero-order valence-corrected chi connectivity index (χ0v) is 14.1. The highest BCUT2D eigenvalue weighted by Gasteiger charge is 2.10. The second kappa shape index (κ2) is 7.90. The molecule has 0 saturated heterocycles. The Bertz CT molecular complexity index is 722. The number of fused-ring (bicyclic) bond motifs is 1. The summed E-state index contributed by atoms with van der Waals surface area (Å²) in [7, 11) is 0. The number of benzene rings is 1. The number of aromatic nitrogens is 2. The lowest BCUT2D eigenvalue weighted by Gasteiger charge is -2.15. The van der Waals surface area contributed by atoms with E-state index in [1.165, 1.54) is 10.9 Å². The molecule has 5 nitrogen and oxygen atoms in total. The number of carbonyl (C=O) groups is 1. The molecule has 0 radical (unpaired) electrons. The first-order valence-electron chi connectivity index (χ1n) is 8.21. The standard InChI is InChI=1S/C18H25N3O2/c1-13(2)7-6-8-14(3)20-17(22)11-21-12-19-16-10-5-4-9-15(16)18(21)23/h4-5,9-10,12-14H,6-8,11H2,1-3H3,(H,20,22)/t14-/m1/s1. The Morgan fingerprint density at radius 2 is 1.96 bits per heavy atom. The SMILES string of the molecule is CC(C)CCC[C@@H](C)NC(=O)Cn1cnc2ccccc2c1=O. The molecule has 1 N–H and O–H groups in total. The van der Waals surface area contributed by atoms with Crippen molar-refractivity contribution < 1.29 is 4.79 Å². The number of carbonyl (C=O) groups excluding carboxylic acids is 1. The summed E-state index contributed by atoms with van der Waals surface area (Å²) >= 11 is 0. The molecular weight excluding hydrogens is 290 g/mol. The summed E-state index contributed by atoms with van der Waals surface area (Å²) in [5.41, 5.74) is 0.467. The van der Waals surface area contributed by atoms with Crippen molar-refractivity contribution in [2.45, 2.75) is 52.6 Å². The van der Waals surface area contributed by atoms with E-state index >= 15 is 0 Å². The highest BCUT2D eigenvalue weighted by molar-refractivity contribution is 5.78. The first-order valence-corrected chi connectivity index (χ1v) is 8.21. The van der Waals surface area contributed by atoms with Crippen molar-refractivity contribution in [1.82, 2.24) is 14.9 Å². The predicted octanol–water partition coefficient (Wildman–Crippen LogP) is 2.73. The summed E-state index contributed by atoms with van der Waals surface area (Å²) in [4.78, 5) is 28.7. The van der Waals surface area contributed by atoms with Gasteiger partial charge in [0.2, 0.25) is 5.91 Å². The van der Waals surface area contributed by atoms with Crippen LogP contribution in [0.5, 0.6) is 0 Å².